The number of hydrogen-bond acceptors (Lipinski definition) is 3. The summed E-state index contributed by atoms with van der Waals surface area (Å²) in [6.07, 6.45) is 1.51. The molecule has 1 aliphatic rings. The van der Waals surface area contributed by atoms with Crippen molar-refractivity contribution in [3.05, 3.63) is 0 Å². The molecule has 4 heteroatoms. The quantitative estimate of drug-likeness (QED) is 0.592. The average molecular weight is 200 g/mol. The fourth-order valence-corrected chi connectivity index (χ4v) is 1.66. The van der Waals surface area contributed by atoms with Gasteiger partial charge in [-0.15, -0.1) is 0 Å². The van der Waals surface area contributed by atoms with Gasteiger partial charge in [-0.05, 0) is 33.2 Å². The van der Waals surface area contributed by atoms with Gasteiger partial charge in [0.15, 0.2) is 0 Å². The van der Waals surface area contributed by atoms with E-state index in [0.717, 1.165) is 19.5 Å². The summed E-state index contributed by atoms with van der Waals surface area (Å²) in [5, 5.41) is 14.9. The van der Waals surface area contributed by atoms with Crippen LogP contribution in [0.15, 0.2) is 0 Å². The first-order valence-corrected chi connectivity index (χ1v) is 5.19. The Kier molecular flexibility index (Phi) is 3.89. The van der Waals surface area contributed by atoms with Crippen molar-refractivity contribution < 1.29 is 9.90 Å². The maximum absolute atomic E-state index is 11.7. The number of aliphatic hydroxyl groups excluding tert-OH is 1. The first kappa shape index (κ1) is 11.5. The molecule has 4 nitrogen and oxygen atoms in total. The molecule has 1 amide bonds. The van der Waals surface area contributed by atoms with Crippen molar-refractivity contribution in [1.29, 1.82) is 0 Å². The fraction of sp³-hybridized carbons (Fsp3) is 0.900. The molecular formula is C10H20N2O2. The first-order chi connectivity index (χ1) is 6.55. The standard InChI is InChI=1S/C10H20N2O2/c1-10(2,4-6-13)12-9(14)8-3-5-11-7-8/h8,11,13H,3-7H2,1-2H3,(H,12,14). The summed E-state index contributed by atoms with van der Waals surface area (Å²) in [7, 11) is 0. The minimum absolute atomic E-state index is 0.105. The molecule has 1 unspecified atom stereocenters. The van der Waals surface area contributed by atoms with Crippen molar-refractivity contribution in [1.82, 2.24) is 10.6 Å². The van der Waals surface area contributed by atoms with Crippen molar-refractivity contribution in [2.24, 2.45) is 5.92 Å². The largest absolute Gasteiger partial charge is 0.396 e. The Morgan fingerprint density at radius 3 is 2.86 bits per heavy atom. The molecule has 14 heavy (non-hydrogen) atoms. The Bertz CT molecular complexity index is 198. The summed E-state index contributed by atoms with van der Waals surface area (Å²) in [5.74, 6) is 0.210. The molecule has 0 aromatic rings. The zero-order valence-corrected chi connectivity index (χ0v) is 8.97. The van der Waals surface area contributed by atoms with Crippen molar-refractivity contribution >= 4 is 5.91 Å². The predicted molar refractivity (Wildman–Crippen MR) is 54.9 cm³/mol. The van der Waals surface area contributed by atoms with E-state index in [2.05, 4.69) is 10.6 Å². The van der Waals surface area contributed by atoms with Gasteiger partial charge in [0.1, 0.15) is 0 Å². The molecule has 0 aromatic heterocycles. The third-order valence-corrected chi connectivity index (χ3v) is 2.63. The third kappa shape index (κ3) is 3.27. The molecular weight excluding hydrogens is 180 g/mol. The summed E-state index contributed by atoms with van der Waals surface area (Å²) >= 11 is 0. The predicted octanol–water partition coefficient (Wildman–Crippen LogP) is -0.127. The zero-order chi connectivity index (χ0) is 10.6. The Morgan fingerprint density at radius 1 is 1.64 bits per heavy atom. The minimum atomic E-state index is -0.297. The van der Waals surface area contributed by atoms with Gasteiger partial charge in [0, 0.05) is 18.7 Å². The highest BCUT2D eigenvalue weighted by Gasteiger charge is 2.27. The van der Waals surface area contributed by atoms with Crippen LogP contribution < -0.4 is 10.6 Å². The van der Waals surface area contributed by atoms with Crippen LogP contribution in [0.3, 0.4) is 0 Å². The van der Waals surface area contributed by atoms with E-state index >= 15 is 0 Å². The smallest absolute Gasteiger partial charge is 0.224 e. The normalized spacial score (nSPS) is 22.4. The average Bonchev–Trinajstić information content (AvgIpc) is 2.53. The monoisotopic (exact) mass is 200 g/mol. The van der Waals surface area contributed by atoms with Gasteiger partial charge in [-0.1, -0.05) is 0 Å². The van der Waals surface area contributed by atoms with E-state index in [-0.39, 0.29) is 24.0 Å². The number of hydrogen-bond donors (Lipinski definition) is 3. The van der Waals surface area contributed by atoms with E-state index in [4.69, 9.17) is 5.11 Å². The molecule has 0 radical (unpaired) electrons. The van der Waals surface area contributed by atoms with Crippen LogP contribution in [0.1, 0.15) is 26.7 Å². The number of carbonyl (C=O) groups is 1. The van der Waals surface area contributed by atoms with Crippen LogP contribution in [0.2, 0.25) is 0 Å². The SMILES string of the molecule is CC(C)(CCO)NC(=O)C1CCNC1. The lowest BCUT2D eigenvalue weighted by Crippen LogP contribution is -2.47. The number of aliphatic hydroxyl groups is 1. The number of nitrogens with one attached hydrogen (secondary N) is 2. The molecule has 1 heterocycles. The van der Waals surface area contributed by atoms with E-state index < -0.39 is 0 Å². The molecule has 1 saturated heterocycles. The molecule has 0 bridgehead atoms. The minimum Gasteiger partial charge on any atom is -0.396 e. The van der Waals surface area contributed by atoms with Crippen LogP contribution in [0.5, 0.6) is 0 Å². The van der Waals surface area contributed by atoms with Gasteiger partial charge in [-0.25, -0.2) is 0 Å². The summed E-state index contributed by atoms with van der Waals surface area (Å²) in [4.78, 5) is 11.7. The highest BCUT2D eigenvalue weighted by molar-refractivity contribution is 5.79. The first-order valence-electron chi connectivity index (χ1n) is 5.19. The van der Waals surface area contributed by atoms with Gasteiger partial charge < -0.3 is 15.7 Å². The number of carbonyl (C=O) groups excluding carboxylic acids is 1. The molecule has 0 aliphatic carbocycles. The Balaban J connectivity index is 2.38. The van der Waals surface area contributed by atoms with Gasteiger partial charge in [-0.2, -0.15) is 0 Å². The maximum Gasteiger partial charge on any atom is 0.224 e. The topological polar surface area (TPSA) is 61.4 Å². The van der Waals surface area contributed by atoms with E-state index in [1.165, 1.54) is 0 Å². The van der Waals surface area contributed by atoms with Gasteiger partial charge in [0.25, 0.3) is 0 Å². The van der Waals surface area contributed by atoms with Gasteiger partial charge in [-0.3, -0.25) is 4.79 Å². The van der Waals surface area contributed by atoms with E-state index in [9.17, 15) is 4.79 Å². The van der Waals surface area contributed by atoms with Crippen LogP contribution in [-0.2, 0) is 4.79 Å². The van der Waals surface area contributed by atoms with Crippen LogP contribution in [-0.4, -0.2) is 36.2 Å². The van der Waals surface area contributed by atoms with E-state index in [1.54, 1.807) is 0 Å². The summed E-state index contributed by atoms with van der Waals surface area (Å²) in [6.45, 7) is 5.68. The second-order valence-electron chi connectivity index (χ2n) is 4.54. The van der Waals surface area contributed by atoms with Crippen LogP contribution in [0.25, 0.3) is 0 Å². The summed E-state index contributed by atoms with van der Waals surface area (Å²) in [6, 6.07) is 0. The highest BCUT2D eigenvalue weighted by Crippen LogP contribution is 2.12. The van der Waals surface area contributed by atoms with Crippen LogP contribution in [0, 0.1) is 5.92 Å². The van der Waals surface area contributed by atoms with E-state index in [1.807, 2.05) is 13.8 Å². The van der Waals surface area contributed by atoms with Gasteiger partial charge >= 0.3 is 0 Å². The lowest BCUT2D eigenvalue weighted by atomic mass is 9.99. The fourth-order valence-electron chi connectivity index (χ4n) is 1.66. The summed E-state index contributed by atoms with van der Waals surface area (Å²) < 4.78 is 0. The molecule has 0 spiro atoms. The lowest BCUT2D eigenvalue weighted by Gasteiger charge is -2.26. The molecule has 82 valence electrons. The van der Waals surface area contributed by atoms with Crippen molar-refractivity contribution in [3.8, 4) is 0 Å². The number of amides is 1. The molecule has 1 fully saturated rings. The summed E-state index contributed by atoms with van der Waals surface area (Å²) in [5.41, 5.74) is -0.297. The molecule has 1 aliphatic heterocycles. The van der Waals surface area contributed by atoms with Crippen LogP contribution in [0.4, 0.5) is 0 Å². The van der Waals surface area contributed by atoms with Gasteiger partial charge in [0.2, 0.25) is 5.91 Å². The van der Waals surface area contributed by atoms with Crippen molar-refractivity contribution in [2.75, 3.05) is 19.7 Å². The molecule has 0 saturated carbocycles. The van der Waals surface area contributed by atoms with Crippen LogP contribution >= 0.6 is 0 Å². The van der Waals surface area contributed by atoms with E-state index in [0.29, 0.717) is 6.42 Å². The number of rotatable bonds is 4. The van der Waals surface area contributed by atoms with Crippen molar-refractivity contribution in [2.45, 2.75) is 32.2 Å². The van der Waals surface area contributed by atoms with Gasteiger partial charge in [0.05, 0.1) is 5.92 Å². The Hall–Kier alpha value is -0.610. The zero-order valence-electron chi connectivity index (χ0n) is 8.97. The third-order valence-electron chi connectivity index (χ3n) is 2.63. The molecule has 1 atom stereocenters. The second-order valence-corrected chi connectivity index (χ2v) is 4.54. The Labute approximate surface area is 85.1 Å². The second kappa shape index (κ2) is 4.75. The Morgan fingerprint density at radius 2 is 2.36 bits per heavy atom. The lowest BCUT2D eigenvalue weighted by molar-refractivity contribution is -0.126. The molecule has 1 rings (SSSR count). The molecule has 3 N–H and O–H groups in total. The van der Waals surface area contributed by atoms with Crippen molar-refractivity contribution in [3.63, 3.8) is 0 Å². The molecule has 0 aromatic carbocycles. The maximum atomic E-state index is 11.7. The highest BCUT2D eigenvalue weighted by atomic mass is 16.3.